The van der Waals surface area contributed by atoms with Gasteiger partial charge in [0.25, 0.3) is 0 Å². The maximum atomic E-state index is 13.8. The molecule has 2 aliphatic rings. The Kier molecular flexibility index (Phi) is 6.46. The molecule has 0 aliphatic carbocycles. The number of fused-ring (bicyclic) bond motifs is 1. The highest BCUT2D eigenvalue weighted by atomic mass is 19.4. The van der Waals surface area contributed by atoms with Crippen LogP contribution in [0.2, 0.25) is 0 Å². The van der Waals surface area contributed by atoms with Gasteiger partial charge in [0.1, 0.15) is 11.3 Å². The molecule has 5 rings (SSSR count). The minimum absolute atomic E-state index is 0.0306. The van der Waals surface area contributed by atoms with E-state index in [1.54, 1.807) is 17.2 Å². The molecule has 0 radical (unpaired) electrons. The molecule has 1 fully saturated rings. The Morgan fingerprint density at radius 3 is 2.67 bits per heavy atom. The predicted octanol–water partition coefficient (Wildman–Crippen LogP) is 5.37. The second-order valence-electron chi connectivity index (χ2n) is 9.36. The first-order chi connectivity index (χ1) is 17.2. The standard InChI is InChI=1S/C26H28F3N5O2/c1-16-5-6-21-23(34(16)17(2)35)8-7-20(18-14-32-33(15-18)19-9-12-30-13-10-19)24(21)36-25-22(26(27,28)29)4-3-11-31-25/h3-4,7-8,11,14-16,19,30H,5-6,9-10,12-13H2,1-2H3/t16-/m0/s1. The maximum absolute atomic E-state index is 13.8. The number of nitrogens with one attached hydrogen (secondary N) is 1. The lowest BCUT2D eigenvalue weighted by atomic mass is 9.92. The molecule has 190 valence electrons. The van der Waals surface area contributed by atoms with Crippen molar-refractivity contribution >= 4 is 11.6 Å². The highest BCUT2D eigenvalue weighted by Gasteiger charge is 2.37. The van der Waals surface area contributed by atoms with Crippen molar-refractivity contribution in [1.29, 1.82) is 0 Å². The molecule has 0 unspecified atom stereocenters. The molecule has 1 saturated heterocycles. The minimum Gasteiger partial charge on any atom is -0.437 e. The Morgan fingerprint density at radius 1 is 1.17 bits per heavy atom. The van der Waals surface area contributed by atoms with Gasteiger partial charge < -0.3 is 15.0 Å². The third-order valence-electron chi connectivity index (χ3n) is 6.96. The first kappa shape index (κ1) is 24.3. The Hall–Kier alpha value is -3.40. The van der Waals surface area contributed by atoms with Crippen LogP contribution >= 0.6 is 0 Å². The van der Waals surface area contributed by atoms with Crippen LogP contribution in [0.1, 0.15) is 50.3 Å². The number of hydrogen-bond donors (Lipinski definition) is 1. The van der Waals surface area contributed by atoms with E-state index < -0.39 is 17.6 Å². The molecular formula is C26H28F3N5O2. The molecule has 7 nitrogen and oxygen atoms in total. The van der Waals surface area contributed by atoms with Crippen LogP contribution in [0, 0.1) is 0 Å². The molecule has 0 bridgehead atoms. The van der Waals surface area contributed by atoms with Gasteiger partial charge >= 0.3 is 6.18 Å². The number of benzene rings is 1. The monoisotopic (exact) mass is 499 g/mol. The van der Waals surface area contributed by atoms with Crippen molar-refractivity contribution in [3.05, 3.63) is 54.0 Å². The number of nitrogens with zero attached hydrogens (tertiary/aromatic N) is 4. The van der Waals surface area contributed by atoms with E-state index in [-0.39, 0.29) is 23.7 Å². The number of ether oxygens (including phenoxy) is 1. The van der Waals surface area contributed by atoms with E-state index in [4.69, 9.17) is 4.74 Å². The summed E-state index contributed by atoms with van der Waals surface area (Å²) in [6.07, 6.45) is 3.40. The largest absolute Gasteiger partial charge is 0.437 e. The van der Waals surface area contributed by atoms with Crippen LogP contribution in [0.5, 0.6) is 11.6 Å². The van der Waals surface area contributed by atoms with Gasteiger partial charge in [0.2, 0.25) is 11.8 Å². The normalized spacial score (nSPS) is 18.7. The lowest BCUT2D eigenvalue weighted by molar-refractivity contribution is -0.138. The highest BCUT2D eigenvalue weighted by Crippen LogP contribution is 2.46. The van der Waals surface area contributed by atoms with Crippen molar-refractivity contribution in [2.45, 2.75) is 57.8 Å². The summed E-state index contributed by atoms with van der Waals surface area (Å²) in [5.41, 5.74) is 1.74. The summed E-state index contributed by atoms with van der Waals surface area (Å²) >= 11 is 0. The smallest absolute Gasteiger partial charge is 0.421 e. The van der Waals surface area contributed by atoms with Crippen molar-refractivity contribution in [3.8, 4) is 22.8 Å². The molecule has 0 spiro atoms. The van der Waals surface area contributed by atoms with Gasteiger partial charge in [-0.2, -0.15) is 18.3 Å². The van der Waals surface area contributed by atoms with E-state index in [9.17, 15) is 18.0 Å². The van der Waals surface area contributed by atoms with E-state index in [1.165, 1.54) is 19.2 Å². The topological polar surface area (TPSA) is 72.3 Å². The maximum Gasteiger partial charge on any atom is 0.421 e. The number of alkyl halides is 3. The molecule has 1 amide bonds. The Labute approximate surface area is 207 Å². The quantitative estimate of drug-likeness (QED) is 0.523. The second kappa shape index (κ2) is 9.57. The fourth-order valence-electron chi connectivity index (χ4n) is 5.16. The van der Waals surface area contributed by atoms with Gasteiger partial charge in [-0.15, -0.1) is 0 Å². The zero-order chi connectivity index (χ0) is 25.4. The number of pyridine rings is 1. The van der Waals surface area contributed by atoms with Gasteiger partial charge in [0, 0.05) is 42.0 Å². The first-order valence-electron chi connectivity index (χ1n) is 12.1. The number of aromatic nitrogens is 3. The number of hydrogen-bond acceptors (Lipinski definition) is 5. The van der Waals surface area contributed by atoms with Crippen LogP contribution in [0.15, 0.2) is 42.9 Å². The number of halogens is 3. The summed E-state index contributed by atoms with van der Waals surface area (Å²) in [6, 6.07) is 6.05. The number of amides is 1. The van der Waals surface area contributed by atoms with Gasteiger partial charge in [-0.3, -0.25) is 9.48 Å². The van der Waals surface area contributed by atoms with Gasteiger partial charge in [-0.05, 0) is 70.0 Å². The second-order valence-corrected chi connectivity index (χ2v) is 9.36. The fraction of sp³-hybridized carbons (Fsp3) is 0.423. The molecule has 1 N–H and O–H groups in total. The fourth-order valence-corrected chi connectivity index (χ4v) is 5.16. The zero-order valence-corrected chi connectivity index (χ0v) is 20.2. The molecule has 10 heteroatoms. The number of anilines is 1. The van der Waals surface area contributed by atoms with E-state index >= 15 is 0 Å². The molecular weight excluding hydrogens is 471 g/mol. The lowest BCUT2D eigenvalue weighted by Crippen LogP contribution is -2.40. The summed E-state index contributed by atoms with van der Waals surface area (Å²) in [5.74, 6) is -0.368. The van der Waals surface area contributed by atoms with Crippen LogP contribution in [-0.2, 0) is 17.4 Å². The minimum atomic E-state index is -4.63. The summed E-state index contributed by atoms with van der Waals surface area (Å²) in [7, 11) is 0. The van der Waals surface area contributed by atoms with Crippen molar-refractivity contribution in [2.75, 3.05) is 18.0 Å². The van der Waals surface area contributed by atoms with Crippen LogP contribution in [0.25, 0.3) is 11.1 Å². The summed E-state index contributed by atoms with van der Waals surface area (Å²) in [6.45, 7) is 5.27. The number of carbonyl (C=O) groups excluding carboxylic acids is 1. The summed E-state index contributed by atoms with van der Waals surface area (Å²) in [4.78, 5) is 18.1. The average molecular weight is 500 g/mol. The molecule has 0 saturated carbocycles. The third kappa shape index (κ3) is 4.57. The summed E-state index contributed by atoms with van der Waals surface area (Å²) in [5, 5.41) is 7.90. The van der Waals surface area contributed by atoms with Gasteiger partial charge in [0.15, 0.2) is 0 Å². The van der Waals surface area contributed by atoms with E-state index in [1.807, 2.05) is 23.9 Å². The van der Waals surface area contributed by atoms with E-state index in [0.29, 0.717) is 29.7 Å². The molecule has 1 atom stereocenters. The third-order valence-corrected chi connectivity index (χ3v) is 6.96. The van der Waals surface area contributed by atoms with E-state index in [0.717, 1.165) is 37.6 Å². The molecule has 1 aromatic carbocycles. The summed E-state index contributed by atoms with van der Waals surface area (Å²) < 4.78 is 49.2. The molecule has 3 aromatic rings. The van der Waals surface area contributed by atoms with Crippen molar-refractivity contribution in [3.63, 3.8) is 0 Å². The van der Waals surface area contributed by atoms with Crippen molar-refractivity contribution in [2.24, 2.45) is 0 Å². The molecule has 4 heterocycles. The molecule has 2 aromatic heterocycles. The van der Waals surface area contributed by atoms with Crippen molar-refractivity contribution < 1.29 is 22.7 Å². The zero-order valence-electron chi connectivity index (χ0n) is 20.2. The lowest BCUT2D eigenvalue weighted by Gasteiger charge is -2.36. The number of piperidine rings is 1. The highest BCUT2D eigenvalue weighted by molar-refractivity contribution is 5.95. The van der Waals surface area contributed by atoms with Crippen LogP contribution in [0.3, 0.4) is 0 Å². The Morgan fingerprint density at radius 2 is 1.94 bits per heavy atom. The van der Waals surface area contributed by atoms with E-state index in [2.05, 4.69) is 15.4 Å². The number of rotatable bonds is 4. The number of carbonyl (C=O) groups is 1. The molecule has 36 heavy (non-hydrogen) atoms. The first-order valence-corrected chi connectivity index (χ1v) is 12.1. The predicted molar refractivity (Wildman–Crippen MR) is 129 cm³/mol. The Balaban J connectivity index is 1.64. The van der Waals surface area contributed by atoms with Gasteiger partial charge in [-0.1, -0.05) is 0 Å². The van der Waals surface area contributed by atoms with Crippen LogP contribution in [-0.4, -0.2) is 39.8 Å². The van der Waals surface area contributed by atoms with Crippen LogP contribution < -0.4 is 15.0 Å². The van der Waals surface area contributed by atoms with Crippen LogP contribution in [0.4, 0.5) is 18.9 Å². The van der Waals surface area contributed by atoms with Crippen molar-refractivity contribution in [1.82, 2.24) is 20.1 Å². The Bertz CT molecular complexity index is 1270. The molecule has 2 aliphatic heterocycles. The van der Waals surface area contributed by atoms with Gasteiger partial charge in [-0.25, -0.2) is 4.98 Å². The van der Waals surface area contributed by atoms with Gasteiger partial charge in [0.05, 0.1) is 17.9 Å². The average Bonchev–Trinajstić information content (AvgIpc) is 3.34. The SMILES string of the molecule is CC(=O)N1c2ccc(-c3cnn(C4CCNCC4)c3)c(Oc3ncccc3C(F)(F)F)c2CC[C@@H]1C.